The van der Waals surface area contributed by atoms with E-state index >= 15 is 0 Å². The number of aliphatic hydroxyl groups excluding tert-OH is 2. The fourth-order valence-corrected chi connectivity index (χ4v) is 5.98. The SMILES string of the molecule is C[C@@H]1CC[C@H]2C(C)(C)C[C@]3(C)[C@@H](O)[C@H](O)[C@@H]1[C@@]23O. The lowest BCUT2D eigenvalue weighted by molar-refractivity contribution is -0.152. The highest BCUT2D eigenvalue weighted by molar-refractivity contribution is 5.26. The van der Waals surface area contributed by atoms with Crippen LogP contribution >= 0.6 is 0 Å². The van der Waals surface area contributed by atoms with E-state index in [1.807, 2.05) is 6.92 Å². The minimum absolute atomic E-state index is 0.0447. The topological polar surface area (TPSA) is 60.7 Å². The Morgan fingerprint density at radius 3 is 2.28 bits per heavy atom. The zero-order chi connectivity index (χ0) is 13.5. The van der Waals surface area contributed by atoms with Crippen LogP contribution in [0.5, 0.6) is 0 Å². The molecule has 3 heteroatoms. The minimum atomic E-state index is -0.896. The summed E-state index contributed by atoms with van der Waals surface area (Å²) in [5.41, 5.74) is -1.41. The highest BCUT2D eigenvalue weighted by atomic mass is 16.3. The van der Waals surface area contributed by atoms with E-state index in [9.17, 15) is 15.3 Å². The summed E-state index contributed by atoms with van der Waals surface area (Å²) in [5, 5.41) is 32.3. The van der Waals surface area contributed by atoms with Crippen molar-refractivity contribution in [3.8, 4) is 0 Å². The van der Waals surface area contributed by atoms with Crippen molar-refractivity contribution in [2.24, 2.45) is 28.6 Å². The lowest BCUT2D eigenvalue weighted by Crippen LogP contribution is -2.55. The maximum Gasteiger partial charge on any atom is 0.0884 e. The summed E-state index contributed by atoms with van der Waals surface area (Å²) in [7, 11) is 0. The van der Waals surface area contributed by atoms with E-state index in [0.29, 0.717) is 0 Å². The largest absolute Gasteiger partial charge is 0.390 e. The van der Waals surface area contributed by atoms with Crippen LogP contribution in [0.4, 0.5) is 0 Å². The van der Waals surface area contributed by atoms with Gasteiger partial charge in [-0.05, 0) is 36.5 Å². The monoisotopic (exact) mass is 254 g/mol. The molecule has 0 unspecified atom stereocenters. The molecule has 0 aromatic carbocycles. The molecule has 0 amide bonds. The second-order valence-corrected chi connectivity index (χ2v) is 7.98. The summed E-state index contributed by atoms with van der Waals surface area (Å²) >= 11 is 0. The van der Waals surface area contributed by atoms with E-state index in [0.717, 1.165) is 19.3 Å². The van der Waals surface area contributed by atoms with Gasteiger partial charge in [-0.3, -0.25) is 0 Å². The molecule has 0 bridgehead atoms. The summed E-state index contributed by atoms with van der Waals surface area (Å²) in [5.74, 6) is 0.313. The number of hydrogen-bond donors (Lipinski definition) is 3. The normalized spacial score (nSPS) is 61.8. The molecule has 0 saturated heterocycles. The molecular weight excluding hydrogens is 228 g/mol. The van der Waals surface area contributed by atoms with Gasteiger partial charge in [0, 0.05) is 11.3 Å². The maximum atomic E-state index is 11.4. The van der Waals surface area contributed by atoms with E-state index in [2.05, 4.69) is 20.8 Å². The highest BCUT2D eigenvalue weighted by Crippen LogP contribution is 2.71. The molecule has 3 aliphatic carbocycles. The number of aliphatic hydroxyl groups is 3. The van der Waals surface area contributed by atoms with Gasteiger partial charge < -0.3 is 15.3 Å². The van der Waals surface area contributed by atoms with Gasteiger partial charge in [0.05, 0.1) is 17.8 Å². The lowest BCUT2D eigenvalue weighted by atomic mass is 9.60. The summed E-state index contributed by atoms with van der Waals surface area (Å²) in [6, 6.07) is 0. The Bertz CT molecular complexity index is 380. The molecule has 0 spiro atoms. The van der Waals surface area contributed by atoms with Crippen molar-refractivity contribution in [3.63, 3.8) is 0 Å². The van der Waals surface area contributed by atoms with Crippen molar-refractivity contribution in [2.45, 2.75) is 64.8 Å². The van der Waals surface area contributed by atoms with Gasteiger partial charge in [-0.25, -0.2) is 0 Å². The van der Waals surface area contributed by atoms with Crippen LogP contribution in [0.1, 0.15) is 47.0 Å². The van der Waals surface area contributed by atoms with Crippen LogP contribution < -0.4 is 0 Å². The fourth-order valence-electron chi connectivity index (χ4n) is 5.98. The van der Waals surface area contributed by atoms with Crippen molar-refractivity contribution in [2.75, 3.05) is 0 Å². The molecule has 3 saturated carbocycles. The molecule has 104 valence electrons. The zero-order valence-corrected chi connectivity index (χ0v) is 11.8. The predicted molar refractivity (Wildman–Crippen MR) is 68.8 cm³/mol. The van der Waals surface area contributed by atoms with E-state index in [1.165, 1.54) is 0 Å². The van der Waals surface area contributed by atoms with Crippen molar-refractivity contribution in [1.29, 1.82) is 0 Å². The van der Waals surface area contributed by atoms with Crippen LogP contribution in [-0.2, 0) is 0 Å². The van der Waals surface area contributed by atoms with Gasteiger partial charge in [0.2, 0.25) is 0 Å². The molecule has 3 N–H and O–H groups in total. The van der Waals surface area contributed by atoms with Gasteiger partial charge in [-0.2, -0.15) is 0 Å². The first-order valence-corrected chi connectivity index (χ1v) is 7.25. The average Bonchev–Trinajstić information content (AvgIpc) is 2.49. The van der Waals surface area contributed by atoms with E-state index in [4.69, 9.17) is 0 Å². The van der Waals surface area contributed by atoms with Gasteiger partial charge in [0.25, 0.3) is 0 Å². The molecule has 0 aliphatic heterocycles. The summed E-state index contributed by atoms with van der Waals surface area (Å²) in [6.45, 7) is 8.48. The van der Waals surface area contributed by atoms with Crippen LogP contribution in [0.25, 0.3) is 0 Å². The molecule has 0 aromatic heterocycles. The van der Waals surface area contributed by atoms with Gasteiger partial charge in [0.15, 0.2) is 0 Å². The minimum Gasteiger partial charge on any atom is -0.390 e. The smallest absolute Gasteiger partial charge is 0.0884 e. The Morgan fingerprint density at radius 2 is 1.67 bits per heavy atom. The predicted octanol–water partition coefficient (Wildman–Crippen LogP) is 1.55. The maximum absolute atomic E-state index is 11.4. The van der Waals surface area contributed by atoms with E-state index in [-0.39, 0.29) is 23.2 Å². The Labute approximate surface area is 109 Å². The third-order valence-corrected chi connectivity index (χ3v) is 6.59. The molecule has 18 heavy (non-hydrogen) atoms. The molecule has 0 heterocycles. The Morgan fingerprint density at radius 1 is 1.06 bits per heavy atom. The van der Waals surface area contributed by atoms with Gasteiger partial charge in [0.1, 0.15) is 0 Å². The summed E-state index contributed by atoms with van der Waals surface area (Å²) in [6.07, 6.45) is 1.28. The van der Waals surface area contributed by atoms with Crippen molar-refractivity contribution < 1.29 is 15.3 Å². The van der Waals surface area contributed by atoms with Crippen molar-refractivity contribution >= 4 is 0 Å². The first-order chi connectivity index (χ1) is 8.16. The lowest BCUT2D eigenvalue weighted by Gasteiger charge is -2.49. The molecule has 3 rings (SSSR count). The second-order valence-electron chi connectivity index (χ2n) is 7.98. The Kier molecular flexibility index (Phi) is 2.37. The van der Waals surface area contributed by atoms with Crippen molar-refractivity contribution in [3.05, 3.63) is 0 Å². The van der Waals surface area contributed by atoms with Gasteiger partial charge in [-0.15, -0.1) is 0 Å². The van der Waals surface area contributed by atoms with Crippen LogP contribution in [-0.4, -0.2) is 33.1 Å². The van der Waals surface area contributed by atoms with Gasteiger partial charge in [-0.1, -0.05) is 27.7 Å². The number of hydrogen-bond acceptors (Lipinski definition) is 3. The standard InChI is InChI=1S/C15H26O3/c1-8-5-6-9-13(2,3)7-14(4)12(17)11(16)10(8)15(9,14)18/h8-12,16-18H,5-7H2,1-4H3/t8-,9+,10-,11-,12+,14-,15+/m1/s1. The summed E-state index contributed by atoms with van der Waals surface area (Å²) in [4.78, 5) is 0. The molecule has 0 aromatic rings. The third kappa shape index (κ3) is 1.13. The van der Waals surface area contributed by atoms with E-state index in [1.54, 1.807) is 0 Å². The first kappa shape index (κ1) is 12.9. The zero-order valence-electron chi connectivity index (χ0n) is 11.8. The summed E-state index contributed by atoms with van der Waals surface area (Å²) < 4.78 is 0. The molecule has 7 atom stereocenters. The Hall–Kier alpha value is -0.120. The molecule has 3 fully saturated rings. The van der Waals surface area contributed by atoms with Crippen LogP contribution in [0, 0.1) is 28.6 Å². The highest BCUT2D eigenvalue weighted by Gasteiger charge is 2.77. The van der Waals surface area contributed by atoms with Crippen molar-refractivity contribution in [1.82, 2.24) is 0 Å². The first-order valence-electron chi connectivity index (χ1n) is 7.25. The fraction of sp³-hybridized carbons (Fsp3) is 1.00. The van der Waals surface area contributed by atoms with Crippen LogP contribution in [0.15, 0.2) is 0 Å². The Balaban J connectivity index is 2.17. The average molecular weight is 254 g/mol. The number of rotatable bonds is 0. The van der Waals surface area contributed by atoms with E-state index < -0.39 is 23.2 Å². The molecule has 3 aliphatic rings. The molecular formula is C15H26O3. The van der Waals surface area contributed by atoms with Gasteiger partial charge >= 0.3 is 0 Å². The van der Waals surface area contributed by atoms with Crippen LogP contribution in [0.3, 0.4) is 0 Å². The third-order valence-electron chi connectivity index (χ3n) is 6.59. The quantitative estimate of drug-likeness (QED) is 0.614. The van der Waals surface area contributed by atoms with Crippen LogP contribution in [0.2, 0.25) is 0 Å². The molecule has 3 nitrogen and oxygen atoms in total. The second kappa shape index (κ2) is 3.31. The molecule has 0 radical (unpaired) electrons.